The quantitative estimate of drug-likeness (QED) is 0.147. The SMILES string of the molecule is CCCCCCCCCCCCCC(=O)[c-]1cccc1.[Fe].[cH-]1[cH-][cH-][cH-][cH-]1. The second-order valence-corrected chi connectivity index (χ2v) is 6.84. The Labute approximate surface area is 171 Å². The Hall–Kier alpha value is -1.11. The van der Waals surface area contributed by atoms with Crippen LogP contribution in [0.2, 0.25) is 0 Å². The van der Waals surface area contributed by atoms with Gasteiger partial charge in [0.2, 0.25) is 0 Å². The minimum Gasteiger partial charge on any atom is -0.748 e. The first-order valence-electron chi connectivity index (χ1n) is 10.3. The molecule has 2 aromatic carbocycles. The van der Waals surface area contributed by atoms with Gasteiger partial charge in [-0.05, 0) is 12.8 Å². The van der Waals surface area contributed by atoms with Crippen molar-refractivity contribution in [1.29, 1.82) is 0 Å². The van der Waals surface area contributed by atoms with E-state index >= 15 is 0 Å². The molecule has 0 radical (unpaired) electrons. The van der Waals surface area contributed by atoms with E-state index in [1.807, 2.05) is 54.6 Å². The zero-order chi connectivity index (χ0) is 18.0. The van der Waals surface area contributed by atoms with E-state index in [1.165, 1.54) is 64.2 Å². The summed E-state index contributed by atoms with van der Waals surface area (Å²) in [6, 6.07) is 17.7. The van der Waals surface area contributed by atoms with Gasteiger partial charge >= 0.3 is 0 Å². The molecule has 0 aromatic heterocycles. The van der Waals surface area contributed by atoms with E-state index in [9.17, 15) is 4.79 Å². The van der Waals surface area contributed by atoms with Crippen molar-refractivity contribution in [1.82, 2.24) is 0 Å². The Morgan fingerprint density at radius 2 is 1.08 bits per heavy atom. The number of carbonyl (C=O) groups is 1. The van der Waals surface area contributed by atoms with E-state index in [0.29, 0.717) is 5.78 Å². The molecule has 1 nitrogen and oxygen atoms in total. The summed E-state index contributed by atoms with van der Waals surface area (Å²) in [4.78, 5) is 11.8. The van der Waals surface area contributed by atoms with Crippen molar-refractivity contribution in [2.75, 3.05) is 0 Å². The van der Waals surface area contributed by atoms with Crippen molar-refractivity contribution in [2.45, 2.75) is 84.0 Å². The van der Waals surface area contributed by atoms with Crippen LogP contribution in [0.4, 0.5) is 0 Å². The van der Waals surface area contributed by atoms with Crippen LogP contribution in [-0.4, -0.2) is 5.78 Å². The standard InChI is InChI=1S/C19H31O.C5H5.Fe/c1-2-3-4-5-6-7-8-9-10-11-12-17-19(20)18-15-13-14-16-18;1-2-4-5-3-1;/h13-16H,2-12,17H2,1H3;1-5H;/q-1;-5;. The first-order chi connectivity index (χ1) is 12.3. The fraction of sp³-hybridized carbons (Fsp3) is 0.542. The normalized spacial score (nSPS) is 9.88. The molecule has 0 fully saturated rings. The van der Waals surface area contributed by atoms with Crippen LogP contribution in [-0.2, 0) is 17.1 Å². The second kappa shape index (κ2) is 18.7. The minimum atomic E-state index is 0. The molecule has 2 aromatic rings. The molecule has 0 bridgehead atoms. The molecule has 0 atom stereocenters. The summed E-state index contributed by atoms with van der Waals surface area (Å²) in [6.45, 7) is 2.27. The van der Waals surface area contributed by atoms with Crippen LogP contribution in [0.15, 0.2) is 54.6 Å². The molecule has 26 heavy (non-hydrogen) atoms. The van der Waals surface area contributed by atoms with Crippen molar-refractivity contribution >= 4 is 5.78 Å². The molecule has 2 rings (SSSR count). The predicted molar refractivity (Wildman–Crippen MR) is 109 cm³/mol. The van der Waals surface area contributed by atoms with Gasteiger partial charge in [-0.3, -0.25) is 0 Å². The molecule has 0 aliphatic carbocycles. The Kier molecular flexibility index (Phi) is 17.9. The number of hydrogen-bond acceptors (Lipinski definition) is 1. The van der Waals surface area contributed by atoms with Crippen molar-refractivity contribution < 1.29 is 21.9 Å². The molecular formula is C24H36FeO-6. The number of rotatable bonds is 13. The molecular weight excluding hydrogens is 360 g/mol. The third-order valence-electron chi connectivity index (χ3n) is 4.55. The molecule has 0 saturated carbocycles. The minimum absolute atomic E-state index is 0. The summed E-state index contributed by atoms with van der Waals surface area (Å²) >= 11 is 0. The second-order valence-electron chi connectivity index (χ2n) is 6.84. The monoisotopic (exact) mass is 396 g/mol. The van der Waals surface area contributed by atoms with Gasteiger partial charge in [0.25, 0.3) is 0 Å². The van der Waals surface area contributed by atoms with Gasteiger partial charge in [0.15, 0.2) is 0 Å². The number of ketones is 1. The van der Waals surface area contributed by atoms with Gasteiger partial charge in [-0.15, -0.1) is 0 Å². The topological polar surface area (TPSA) is 17.1 Å². The molecule has 2 heteroatoms. The van der Waals surface area contributed by atoms with Crippen LogP contribution in [0.3, 0.4) is 0 Å². The van der Waals surface area contributed by atoms with E-state index in [0.717, 1.165) is 18.4 Å². The smallest absolute Gasteiger partial charge is 0.108 e. The first kappa shape index (κ1) is 24.9. The first-order valence-corrected chi connectivity index (χ1v) is 10.3. The van der Waals surface area contributed by atoms with Crippen molar-refractivity contribution in [3.8, 4) is 0 Å². The summed E-state index contributed by atoms with van der Waals surface area (Å²) in [7, 11) is 0. The summed E-state index contributed by atoms with van der Waals surface area (Å²) in [5, 5.41) is 0. The van der Waals surface area contributed by atoms with Gasteiger partial charge in [0.05, 0.1) is 0 Å². The maximum atomic E-state index is 11.8. The molecule has 0 aliphatic rings. The van der Waals surface area contributed by atoms with Crippen LogP contribution in [0, 0.1) is 0 Å². The zero-order valence-electron chi connectivity index (χ0n) is 16.4. The third-order valence-corrected chi connectivity index (χ3v) is 4.55. The van der Waals surface area contributed by atoms with Gasteiger partial charge in [-0.25, -0.2) is 12.1 Å². The Balaban J connectivity index is 0.000000893. The molecule has 152 valence electrons. The summed E-state index contributed by atoms with van der Waals surface area (Å²) in [5.41, 5.74) is 0.886. The summed E-state index contributed by atoms with van der Waals surface area (Å²) < 4.78 is 0. The third kappa shape index (κ3) is 14.1. The van der Waals surface area contributed by atoms with E-state index in [-0.39, 0.29) is 17.1 Å². The van der Waals surface area contributed by atoms with Crippen LogP contribution in [0.1, 0.15) is 94.3 Å². The number of unbranched alkanes of at least 4 members (excludes halogenated alkanes) is 10. The van der Waals surface area contributed by atoms with Gasteiger partial charge in [0, 0.05) is 17.1 Å². The van der Waals surface area contributed by atoms with E-state index < -0.39 is 0 Å². The van der Waals surface area contributed by atoms with Crippen LogP contribution in [0.5, 0.6) is 0 Å². The van der Waals surface area contributed by atoms with Gasteiger partial charge in [0.1, 0.15) is 5.78 Å². The van der Waals surface area contributed by atoms with Crippen molar-refractivity contribution in [3.63, 3.8) is 0 Å². The average Bonchev–Trinajstić information content (AvgIpc) is 3.35. The molecule has 0 amide bonds. The average molecular weight is 396 g/mol. The molecule has 0 aliphatic heterocycles. The summed E-state index contributed by atoms with van der Waals surface area (Å²) in [6.07, 6.45) is 15.4. The zero-order valence-corrected chi connectivity index (χ0v) is 17.5. The fourth-order valence-electron chi connectivity index (χ4n) is 2.97. The van der Waals surface area contributed by atoms with Gasteiger partial charge in [-0.2, -0.15) is 12.1 Å². The Morgan fingerprint density at radius 1 is 0.692 bits per heavy atom. The maximum absolute atomic E-state index is 11.8. The number of Topliss-reactive ketones (excluding diaryl/α,β-unsaturated/α-hetero) is 1. The van der Waals surface area contributed by atoms with E-state index in [2.05, 4.69) is 6.92 Å². The largest absolute Gasteiger partial charge is 0.748 e. The van der Waals surface area contributed by atoms with Gasteiger partial charge in [-0.1, -0.05) is 76.7 Å². The van der Waals surface area contributed by atoms with Crippen LogP contribution in [0.25, 0.3) is 0 Å². The van der Waals surface area contributed by atoms with E-state index in [4.69, 9.17) is 0 Å². The number of carbonyl (C=O) groups excluding carboxylic acids is 1. The molecule has 0 spiro atoms. The molecule has 0 heterocycles. The molecule has 0 unspecified atom stereocenters. The van der Waals surface area contributed by atoms with Crippen LogP contribution >= 0.6 is 0 Å². The summed E-state index contributed by atoms with van der Waals surface area (Å²) in [5.74, 6) is 0.311. The number of hydrogen-bond donors (Lipinski definition) is 0. The predicted octanol–water partition coefficient (Wildman–Crippen LogP) is 7.69. The Morgan fingerprint density at radius 3 is 1.50 bits per heavy atom. The fourth-order valence-corrected chi connectivity index (χ4v) is 2.97. The van der Waals surface area contributed by atoms with Crippen molar-refractivity contribution in [2.24, 2.45) is 0 Å². The van der Waals surface area contributed by atoms with Gasteiger partial charge < -0.3 is 35.1 Å². The Bertz CT molecular complexity index is 467. The maximum Gasteiger partial charge on any atom is 0.108 e. The van der Waals surface area contributed by atoms with Crippen LogP contribution < -0.4 is 0 Å². The van der Waals surface area contributed by atoms with E-state index in [1.54, 1.807) is 0 Å². The van der Waals surface area contributed by atoms with Crippen molar-refractivity contribution in [3.05, 3.63) is 60.2 Å². The molecule has 0 saturated heterocycles. The molecule has 0 N–H and O–H groups in total.